The van der Waals surface area contributed by atoms with E-state index < -0.39 is 22.0 Å². The van der Waals surface area contributed by atoms with Gasteiger partial charge in [0.05, 0.1) is 20.6 Å². The van der Waals surface area contributed by atoms with Crippen molar-refractivity contribution in [2.75, 3.05) is 25.3 Å². The number of hydrogen-bond acceptors (Lipinski definition) is 5. The van der Waals surface area contributed by atoms with E-state index in [4.69, 9.17) is 4.74 Å². The monoisotopic (exact) mass is 313 g/mol. The number of rotatable bonds is 7. The van der Waals surface area contributed by atoms with E-state index in [9.17, 15) is 13.8 Å². The molecule has 1 aromatic rings. The van der Waals surface area contributed by atoms with E-state index in [0.717, 1.165) is 0 Å². The van der Waals surface area contributed by atoms with E-state index in [-0.39, 0.29) is 18.1 Å². The van der Waals surface area contributed by atoms with Crippen molar-refractivity contribution in [3.63, 3.8) is 0 Å². The second-order valence-electron chi connectivity index (χ2n) is 4.39. The second kappa shape index (κ2) is 8.41. The van der Waals surface area contributed by atoms with Gasteiger partial charge in [-0.05, 0) is 24.3 Å². The van der Waals surface area contributed by atoms with Gasteiger partial charge in [0.25, 0.3) is 0 Å². The van der Waals surface area contributed by atoms with Gasteiger partial charge in [-0.15, -0.1) is 0 Å². The van der Waals surface area contributed by atoms with Gasteiger partial charge in [0.1, 0.15) is 11.5 Å². The van der Waals surface area contributed by atoms with Crippen molar-refractivity contribution in [1.29, 1.82) is 0 Å². The number of methoxy groups -OCH3 is 2. The average molecular weight is 313 g/mol. The van der Waals surface area contributed by atoms with Crippen LogP contribution >= 0.6 is 0 Å². The number of ether oxygens (including phenoxy) is 2. The van der Waals surface area contributed by atoms with Gasteiger partial charge < -0.3 is 14.8 Å². The molecule has 0 aliphatic carbocycles. The predicted molar refractivity (Wildman–Crippen MR) is 80.7 cm³/mol. The Morgan fingerprint density at radius 1 is 1.24 bits per heavy atom. The maximum Gasteiger partial charge on any atom is 0.306 e. The van der Waals surface area contributed by atoms with Crippen molar-refractivity contribution in [3.8, 4) is 5.75 Å². The average Bonchev–Trinajstić information content (AvgIpc) is 2.47. The van der Waals surface area contributed by atoms with Crippen LogP contribution in [0.25, 0.3) is 0 Å². The van der Waals surface area contributed by atoms with E-state index in [1.54, 1.807) is 38.3 Å². The first kappa shape index (κ1) is 17.2. The largest absolute Gasteiger partial charge is 0.497 e. The number of hydrogen-bond donors (Lipinski definition) is 1. The Labute approximate surface area is 126 Å². The molecule has 21 heavy (non-hydrogen) atoms. The van der Waals surface area contributed by atoms with Crippen LogP contribution in [-0.2, 0) is 25.1 Å². The molecule has 6 nitrogen and oxygen atoms in total. The van der Waals surface area contributed by atoms with Crippen molar-refractivity contribution in [3.05, 3.63) is 24.3 Å². The standard InChI is InChI=1S/C14H19NO5S/c1-10(8-14(17)20-3)21(18)9-13(16)15-11-4-6-12(19-2)7-5-11/h4-7,10H,8-9H2,1-3H3,(H,15,16). The molecule has 0 radical (unpaired) electrons. The first-order valence-corrected chi connectivity index (χ1v) is 7.72. The van der Waals surface area contributed by atoms with E-state index in [2.05, 4.69) is 10.1 Å². The van der Waals surface area contributed by atoms with E-state index in [1.165, 1.54) is 7.11 Å². The molecule has 0 bridgehead atoms. The lowest BCUT2D eigenvalue weighted by atomic mass is 10.3. The third kappa shape index (κ3) is 5.95. The fourth-order valence-corrected chi connectivity index (χ4v) is 2.49. The van der Waals surface area contributed by atoms with Crippen molar-refractivity contribution >= 4 is 28.4 Å². The Morgan fingerprint density at radius 2 is 1.86 bits per heavy atom. The Kier molecular flexibility index (Phi) is 6.87. The second-order valence-corrected chi connectivity index (χ2v) is 6.25. The number of esters is 1. The van der Waals surface area contributed by atoms with Gasteiger partial charge in [-0.2, -0.15) is 0 Å². The molecular formula is C14H19NO5S. The van der Waals surface area contributed by atoms with Crippen LogP contribution < -0.4 is 10.1 Å². The highest BCUT2D eigenvalue weighted by Gasteiger charge is 2.18. The van der Waals surface area contributed by atoms with Crippen molar-refractivity contribution in [2.24, 2.45) is 0 Å². The molecule has 7 heteroatoms. The van der Waals surface area contributed by atoms with Crippen LogP contribution in [0.4, 0.5) is 5.69 Å². The van der Waals surface area contributed by atoms with E-state index in [1.807, 2.05) is 0 Å². The highest BCUT2D eigenvalue weighted by molar-refractivity contribution is 7.86. The fourth-order valence-electron chi connectivity index (χ4n) is 1.55. The number of amides is 1. The smallest absolute Gasteiger partial charge is 0.306 e. The van der Waals surface area contributed by atoms with Crippen LogP contribution in [0.5, 0.6) is 5.75 Å². The SMILES string of the molecule is COC(=O)CC(C)S(=O)CC(=O)Nc1ccc(OC)cc1. The lowest BCUT2D eigenvalue weighted by Crippen LogP contribution is -2.26. The Hall–Kier alpha value is -1.89. The predicted octanol–water partition coefficient (Wildman–Crippen LogP) is 1.33. The molecular weight excluding hydrogens is 294 g/mol. The topological polar surface area (TPSA) is 81.7 Å². The Bertz CT molecular complexity index is 515. The molecule has 0 heterocycles. The van der Waals surface area contributed by atoms with Crippen LogP contribution in [0.15, 0.2) is 24.3 Å². The van der Waals surface area contributed by atoms with Crippen LogP contribution in [0, 0.1) is 0 Å². The van der Waals surface area contributed by atoms with Crippen molar-refractivity contribution in [2.45, 2.75) is 18.6 Å². The third-order valence-electron chi connectivity index (χ3n) is 2.78. The maximum atomic E-state index is 11.9. The first-order valence-electron chi connectivity index (χ1n) is 6.34. The molecule has 0 saturated heterocycles. The Balaban J connectivity index is 2.48. The summed E-state index contributed by atoms with van der Waals surface area (Å²) < 4.78 is 21.4. The maximum absolute atomic E-state index is 11.9. The van der Waals surface area contributed by atoms with Gasteiger partial charge in [0.15, 0.2) is 0 Å². The molecule has 0 aliphatic heterocycles. The summed E-state index contributed by atoms with van der Waals surface area (Å²) in [4.78, 5) is 22.9. The number of carbonyl (C=O) groups excluding carboxylic acids is 2. The molecule has 0 aromatic heterocycles. The molecule has 116 valence electrons. The summed E-state index contributed by atoms with van der Waals surface area (Å²) in [6, 6.07) is 6.81. The lowest BCUT2D eigenvalue weighted by Gasteiger charge is -2.10. The number of carbonyl (C=O) groups is 2. The van der Waals surface area contributed by atoms with Crippen molar-refractivity contribution in [1.82, 2.24) is 0 Å². The summed E-state index contributed by atoms with van der Waals surface area (Å²) >= 11 is 0. The van der Waals surface area contributed by atoms with Crippen LogP contribution in [0.1, 0.15) is 13.3 Å². The summed E-state index contributed by atoms with van der Waals surface area (Å²) in [7, 11) is 1.39. The molecule has 1 aromatic carbocycles. The highest BCUT2D eigenvalue weighted by Crippen LogP contribution is 2.15. The number of nitrogens with one attached hydrogen (secondary N) is 1. The molecule has 2 unspecified atom stereocenters. The molecule has 1 N–H and O–H groups in total. The van der Waals surface area contributed by atoms with Gasteiger partial charge in [-0.1, -0.05) is 6.92 Å². The molecule has 0 aliphatic rings. The molecule has 0 saturated carbocycles. The van der Waals surface area contributed by atoms with Gasteiger partial charge >= 0.3 is 5.97 Å². The number of anilines is 1. The van der Waals surface area contributed by atoms with Crippen LogP contribution in [0.2, 0.25) is 0 Å². The lowest BCUT2D eigenvalue weighted by molar-refractivity contribution is -0.140. The summed E-state index contributed by atoms with van der Waals surface area (Å²) in [5, 5.41) is 2.21. The van der Waals surface area contributed by atoms with Gasteiger partial charge in [-0.25, -0.2) is 0 Å². The van der Waals surface area contributed by atoms with Gasteiger partial charge in [0.2, 0.25) is 5.91 Å². The zero-order chi connectivity index (χ0) is 15.8. The molecule has 0 spiro atoms. The highest BCUT2D eigenvalue weighted by atomic mass is 32.2. The van der Waals surface area contributed by atoms with Crippen LogP contribution in [0.3, 0.4) is 0 Å². The Morgan fingerprint density at radius 3 is 2.38 bits per heavy atom. The minimum atomic E-state index is -1.43. The molecule has 1 amide bonds. The van der Waals surface area contributed by atoms with Crippen molar-refractivity contribution < 1.29 is 23.3 Å². The summed E-state index contributed by atoms with van der Waals surface area (Å²) in [5.41, 5.74) is 0.596. The van der Waals surface area contributed by atoms with E-state index in [0.29, 0.717) is 11.4 Å². The minimum Gasteiger partial charge on any atom is -0.497 e. The molecule has 1 rings (SSSR count). The summed E-state index contributed by atoms with van der Waals surface area (Å²) in [6.45, 7) is 1.65. The minimum absolute atomic E-state index is 0.0267. The third-order valence-corrected chi connectivity index (χ3v) is 4.39. The zero-order valence-electron chi connectivity index (χ0n) is 12.3. The number of benzene rings is 1. The molecule has 2 atom stereocenters. The summed E-state index contributed by atoms with van der Waals surface area (Å²) in [5.74, 6) is -0.283. The zero-order valence-corrected chi connectivity index (χ0v) is 13.1. The van der Waals surface area contributed by atoms with Crippen LogP contribution in [-0.4, -0.2) is 41.3 Å². The van der Waals surface area contributed by atoms with E-state index >= 15 is 0 Å². The van der Waals surface area contributed by atoms with Gasteiger partial charge in [0, 0.05) is 21.7 Å². The first-order chi connectivity index (χ1) is 9.96. The molecule has 0 fully saturated rings. The fraction of sp³-hybridized carbons (Fsp3) is 0.429. The normalized spacial score (nSPS) is 13.1. The summed E-state index contributed by atoms with van der Waals surface area (Å²) in [6.07, 6.45) is 0.0267. The van der Waals surface area contributed by atoms with Gasteiger partial charge in [-0.3, -0.25) is 13.8 Å². The quantitative estimate of drug-likeness (QED) is 0.768.